The van der Waals surface area contributed by atoms with Gasteiger partial charge in [-0.15, -0.1) is 0 Å². The maximum Gasteiger partial charge on any atom is 0.230 e. The van der Waals surface area contributed by atoms with Gasteiger partial charge in [-0.25, -0.2) is 0 Å². The quantitative estimate of drug-likeness (QED) is 0.697. The first-order valence-electron chi connectivity index (χ1n) is 8.43. The topological polar surface area (TPSA) is 58.8 Å². The second-order valence-corrected chi connectivity index (χ2v) is 5.86. The molecule has 5 nitrogen and oxygen atoms in total. The van der Waals surface area contributed by atoms with E-state index in [2.05, 4.69) is 25.7 Å². The van der Waals surface area contributed by atoms with Crippen molar-refractivity contribution in [1.29, 1.82) is 0 Å². The highest BCUT2D eigenvalue weighted by Crippen LogP contribution is 2.31. The molecule has 0 unspecified atom stereocenters. The molecule has 1 fully saturated rings. The summed E-state index contributed by atoms with van der Waals surface area (Å²) in [6, 6.07) is 0. The molecular weight excluding hydrogens is 266 g/mol. The Morgan fingerprint density at radius 1 is 1.10 bits per heavy atom. The van der Waals surface area contributed by atoms with E-state index < -0.39 is 0 Å². The van der Waals surface area contributed by atoms with E-state index in [-0.39, 0.29) is 11.3 Å². The van der Waals surface area contributed by atoms with Crippen LogP contribution in [0.25, 0.3) is 0 Å². The van der Waals surface area contributed by atoms with E-state index in [9.17, 15) is 4.79 Å². The minimum absolute atomic E-state index is 0.232. The maximum atomic E-state index is 12.9. The first-order chi connectivity index (χ1) is 10.1. The van der Waals surface area contributed by atoms with Crippen LogP contribution in [0.15, 0.2) is 0 Å². The molecular formula is C16H33N3O2. The Hall–Kier alpha value is -0.650. The van der Waals surface area contributed by atoms with E-state index in [1.807, 2.05) is 4.90 Å². The van der Waals surface area contributed by atoms with Crippen LogP contribution in [-0.4, -0.2) is 68.2 Å². The Kier molecular flexibility index (Phi) is 8.22. The molecule has 124 valence electrons. The highest BCUT2D eigenvalue weighted by atomic mass is 16.5. The van der Waals surface area contributed by atoms with Gasteiger partial charge in [0.1, 0.15) is 0 Å². The predicted octanol–water partition coefficient (Wildman–Crippen LogP) is 1.32. The molecule has 1 saturated heterocycles. The van der Waals surface area contributed by atoms with E-state index in [1.165, 1.54) is 0 Å². The molecule has 2 N–H and O–H groups in total. The Morgan fingerprint density at radius 3 is 2.19 bits per heavy atom. The summed E-state index contributed by atoms with van der Waals surface area (Å²) >= 11 is 0. The number of rotatable bonds is 9. The second-order valence-electron chi connectivity index (χ2n) is 5.86. The van der Waals surface area contributed by atoms with Gasteiger partial charge in [0.25, 0.3) is 0 Å². The number of nitrogens with zero attached hydrogens (tertiary/aromatic N) is 2. The van der Waals surface area contributed by atoms with Gasteiger partial charge in [-0.2, -0.15) is 0 Å². The van der Waals surface area contributed by atoms with Crippen LogP contribution >= 0.6 is 0 Å². The van der Waals surface area contributed by atoms with Crippen molar-refractivity contribution >= 4 is 5.91 Å². The average Bonchev–Trinajstić information content (AvgIpc) is 2.55. The summed E-state index contributed by atoms with van der Waals surface area (Å²) in [5.74, 6) is 0.232. The maximum absolute atomic E-state index is 12.9. The highest BCUT2D eigenvalue weighted by Gasteiger charge is 2.40. The predicted molar refractivity (Wildman–Crippen MR) is 86.2 cm³/mol. The number of carbonyl (C=O) groups is 1. The molecule has 1 aliphatic heterocycles. The molecule has 0 radical (unpaired) electrons. The largest absolute Gasteiger partial charge is 0.381 e. The zero-order chi connectivity index (χ0) is 15.7. The van der Waals surface area contributed by atoms with Crippen molar-refractivity contribution in [2.45, 2.75) is 40.0 Å². The average molecular weight is 299 g/mol. The molecule has 0 aromatic rings. The monoisotopic (exact) mass is 299 g/mol. The number of hydrogen-bond acceptors (Lipinski definition) is 4. The van der Waals surface area contributed by atoms with Crippen LogP contribution in [0.5, 0.6) is 0 Å². The Balaban J connectivity index is 2.55. The summed E-state index contributed by atoms with van der Waals surface area (Å²) in [4.78, 5) is 17.3. The van der Waals surface area contributed by atoms with Crippen LogP contribution in [0.3, 0.4) is 0 Å². The van der Waals surface area contributed by atoms with Crippen LogP contribution in [0.2, 0.25) is 0 Å². The highest BCUT2D eigenvalue weighted by molar-refractivity contribution is 5.83. The minimum Gasteiger partial charge on any atom is -0.381 e. The van der Waals surface area contributed by atoms with Gasteiger partial charge in [-0.05, 0) is 45.8 Å². The van der Waals surface area contributed by atoms with Crippen LogP contribution in [0.4, 0.5) is 0 Å². The third kappa shape index (κ3) is 4.94. The molecule has 1 heterocycles. The Labute approximate surface area is 129 Å². The summed E-state index contributed by atoms with van der Waals surface area (Å²) in [5, 5.41) is 0. The van der Waals surface area contributed by atoms with Gasteiger partial charge in [0.15, 0.2) is 0 Å². The van der Waals surface area contributed by atoms with Crippen molar-refractivity contribution in [1.82, 2.24) is 9.80 Å². The van der Waals surface area contributed by atoms with E-state index in [1.54, 1.807) is 0 Å². The standard InChI is InChI=1S/C16H33N3O2/c1-4-18(5-2)10-7-11-19(6-3)15(20)16(14-17)8-12-21-13-9-16/h4-14,17H2,1-3H3. The summed E-state index contributed by atoms with van der Waals surface area (Å²) in [6.45, 7) is 12.9. The van der Waals surface area contributed by atoms with Crippen molar-refractivity contribution in [3.8, 4) is 0 Å². The molecule has 0 aliphatic carbocycles. The van der Waals surface area contributed by atoms with Crippen molar-refractivity contribution in [2.75, 3.05) is 52.5 Å². The first-order valence-corrected chi connectivity index (χ1v) is 8.43. The first kappa shape index (κ1) is 18.4. The summed E-state index contributed by atoms with van der Waals surface area (Å²) < 4.78 is 5.40. The SMILES string of the molecule is CCN(CC)CCCN(CC)C(=O)C1(CN)CCOCC1. The normalized spacial score (nSPS) is 18.0. The van der Waals surface area contributed by atoms with Gasteiger partial charge in [0, 0.05) is 32.8 Å². The molecule has 0 bridgehead atoms. The lowest BCUT2D eigenvalue weighted by molar-refractivity contribution is -0.147. The summed E-state index contributed by atoms with van der Waals surface area (Å²) in [6.07, 6.45) is 2.54. The third-order valence-electron chi connectivity index (χ3n) is 4.76. The third-order valence-corrected chi connectivity index (χ3v) is 4.76. The number of amides is 1. The summed E-state index contributed by atoms with van der Waals surface area (Å²) in [7, 11) is 0. The van der Waals surface area contributed by atoms with Crippen molar-refractivity contribution in [2.24, 2.45) is 11.1 Å². The lowest BCUT2D eigenvalue weighted by Crippen LogP contribution is -2.51. The van der Waals surface area contributed by atoms with Crippen molar-refractivity contribution in [3.63, 3.8) is 0 Å². The molecule has 1 rings (SSSR count). The zero-order valence-electron chi connectivity index (χ0n) is 14.1. The fourth-order valence-electron chi connectivity index (χ4n) is 3.03. The van der Waals surface area contributed by atoms with E-state index in [0.29, 0.717) is 19.8 Å². The zero-order valence-corrected chi connectivity index (χ0v) is 14.1. The number of carbonyl (C=O) groups excluding carboxylic acids is 1. The molecule has 0 spiro atoms. The van der Waals surface area contributed by atoms with Gasteiger partial charge in [-0.3, -0.25) is 4.79 Å². The lowest BCUT2D eigenvalue weighted by Gasteiger charge is -2.38. The fourth-order valence-corrected chi connectivity index (χ4v) is 3.03. The summed E-state index contributed by atoms with van der Waals surface area (Å²) in [5.41, 5.74) is 5.55. The van der Waals surface area contributed by atoms with Crippen LogP contribution < -0.4 is 5.73 Å². The van der Waals surface area contributed by atoms with Gasteiger partial charge >= 0.3 is 0 Å². The van der Waals surface area contributed by atoms with E-state index in [0.717, 1.165) is 52.0 Å². The molecule has 5 heteroatoms. The lowest BCUT2D eigenvalue weighted by atomic mass is 9.79. The Bertz CT molecular complexity index is 300. The molecule has 21 heavy (non-hydrogen) atoms. The van der Waals surface area contributed by atoms with Gasteiger partial charge in [-0.1, -0.05) is 13.8 Å². The molecule has 1 amide bonds. The second kappa shape index (κ2) is 9.38. The number of ether oxygens (including phenoxy) is 1. The minimum atomic E-state index is -0.385. The van der Waals surface area contributed by atoms with Crippen LogP contribution in [0.1, 0.15) is 40.0 Å². The van der Waals surface area contributed by atoms with Gasteiger partial charge in [0.05, 0.1) is 5.41 Å². The van der Waals surface area contributed by atoms with Gasteiger partial charge < -0.3 is 20.3 Å². The van der Waals surface area contributed by atoms with E-state index in [4.69, 9.17) is 10.5 Å². The van der Waals surface area contributed by atoms with E-state index >= 15 is 0 Å². The van der Waals surface area contributed by atoms with Crippen molar-refractivity contribution in [3.05, 3.63) is 0 Å². The van der Waals surface area contributed by atoms with Crippen LogP contribution in [0, 0.1) is 5.41 Å². The molecule has 0 aromatic heterocycles. The smallest absolute Gasteiger partial charge is 0.230 e. The number of hydrogen-bond donors (Lipinski definition) is 1. The fraction of sp³-hybridized carbons (Fsp3) is 0.938. The molecule has 0 aromatic carbocycles. The molecule has 0 saturated carbocycles. The number of nitrogens with two attached hydrogens (primary N) is 1. The van der Waals surface area contributed by atoms with Crippen LogP contribution in [-0.2, 0) is 9.53 Å². The Morgan fingerprint density at radius 2 is 1.71 bits per heavy atom. The molecule has 0 atom stereocenters. The molecule has 1 aliphatic rings. The van der Waals surface area contributed by atoms with Crippen molar-refractivity contribution < 1.29 is 9.53 Å². The van der Waals surface area contributed by atoms with Gasteiger partial charge in [0.2, 0.25) is 5.91 Å².